The van der Waals surface area contributed by atoms with Gasteiger partial charge >= 0.3 is 0 Å². The predicted octanol–water partition coefficient (Wildman–Crippen LogP) is 3.13. The SMILES string of the molecule is CSCCCC1CC(C)CCC1=O. The van der Waals surface area contributed by atoms with E-state index >= 15 is 0 Å². The van der Waals surface area contributed by atoms with Crippen molar-refractivity contribution in [3.8, 4) is 0 Å². The zero-order chi connectivity index (χ0) is 9.68. The van der Waals surface area contributed by atoms with Crippen LogP contribution in [0.2, 0.25) is 0 Å². The van der Waals surface area contributed by atoms with Gasteiger partial charge in [0.1, 0.15) is 5.78 Å². The standard InChI is InChI=1S/C11H20OS/c1-9-5-6-11(12)10(8-9)4-3-7-13-2/h9-10H,3-8H2,1-2H3. The number of hydrogen-bond donors (Lipinski definition) is 0. The number of Topliss-reactive ketones (excluding diaryl/α,β-unsaturated/α-hetero) is 1. The summed E-state index contributed by atoms with van der Waals surface area (Å²) in [7, 11) is 0. The van der Waals surface area contributed by atoms with Crippen molar-refractivity contribution in [2.45, 2.75) is 39.0 Å². The highest BCUT2D eigenvalue weighted by molar-refractivity contribution is 7.98. The van der Waals surface area contributed by atoms with Crippen LogP contribution in [0.1, 0.15) is 39.0 Å². The van der Waals surface area contributed by atoms with E-state index in [0.717, 1.165) is 31.6 Å². The normalized spacial score (nSPS) is 29.2. The van der Waals surface area contributed by atoms with Crippen molar-refractivity contribution >= 4 is 17.5 Å². The van der Waals surface area contributed by atoms with E-state index in [-0.39, 0.29) is 0 Å². The molecule has 0 aromatic heterocycles. The number of hydrogen-bond acceptors (Lipinski definition) is 2. The van der Waals surface area contributed by atoms with Crippen molar-refractivity contribution < 1.29 is 4.79 Å². The van der Waals surface area contributed by atoms with Gasteiger partial charge in [-0.2, -0.15) is 11.8 Å². The summed E-state index contributed by atoms with van der Waals surface area (Å²) < 4.78 is 0. The molecule has 1 aliphatic rings. The monoisotopic (exact) mass is 200 g/mol. The van der Waals surface area contributed by atoms with E-state index in [9.17, 15) is 4.79 Å². The highest BCUT2D eigenvalue weighted by atomic mass is 32.2. The first-order valence-electron chi connectivity index (χ1n) is 5.25. The molecule has 76 valence electrons. The number of thioether (sulfide) groups is 1. The average molecular weight is 200 g/mol. The Labute approximate surface area is 85.7 Å². The molecule has 2 heteroatoms. The molecule has 0 spiro atoms. The highest BCUT2D eigenvalue weighted by Crippen LogP contribution is 2.29. The molecule has 1 fully saturated rings. The van der Waals surface area contributed by atoms with Crippen molar-refractivity contribution in [3.63, 3.8) is 0 Å². The summed E-state index contributed by atoms with van der Waals surface area (Å²) in [6, 6.07) is 0. The van der Waals surface area contributed by atoms with Crippen LogP contribution in [0.25, 0.3) is 0 Å². The molecule has 0 N–H and O–H groups in total. The molecule has 0 aromatic rings. The molecule has 0 aliphatic heterocycles. The summed E-state index contributed by atoms with van der Waals surface area (Å²) in [4.78, 5) is 11.5. The van der Waals surface area contributed by atoms with Gasteiger partial charge < -0.3 is 0 Å². The maximum Gasteiger partial charge on any atom is 0.135 e. The third kappa shape index (κ3) is 3.72. The molecule has 2 unspecified atom stereocenters. The maximum atomic E-state index is 11.5. The van der Waals surface area contributed by atoms with Gasteiger partial charge in [0.2, 0.25) is 0 Å². The molecule has 0 heterocycles. The van der Waals surface area contributed by atoms with Crippen LogP contribution in [-0.4, -0.2) is 17.8 Å². The Morgan fingerprint density at radius 2 is 2.31 bits per heavy atom. The van der Waals surface area contributed by atoms with E-state index in [1.807, 2.05) is 11.8 Å². The molecule has 1 rings (SSSR count). The molecule has 0 amide bonds. The zero-order valence-electron chi connectivity index (χ0n) is 8.71. The summed E-state index contributed by atoms with van der Waals surface area (Å²) in [6.07, 6.45) is 7.58. The van der Waals surface area contributed by atoms with Crippen molar-refractivity contribution in [3.05, 3.63) is 0 Å². The molecule has 0 saturated heterocycles. The predicted molar refractivity (Wildman–Crippen MR) is 59.1 cm³/mol. The second-order valence-corrected chi connectivity index (χ2v) is 5.16. The van der Waals surface area contributed by atoms with Crippen LogP contribution in [0.15, 0.2) is 0 Å². The summed E-state index contributed by atoms with van der Waals surface area (Å²) >= 11 is 1.88. The van der Waals surface area contributed by atoms with Crippen LogP contribution in [0, 0.1) is 11.8 Å². The Hall–Kier alpha value is 0.0200. The van der Waals surface area contributed by atoms with Crippen LogP contribution < -0.4 is 0 Å². The fourth-order valence-corrected chi connectivity index (χ4v) is 2.54. The quantitative estimate of drug-likeness (QED) is 0.649. The molecule has 13 heavy (non-hydrogen) atoms. The van der Waals surface area contributed by atoms with Crippen LogP contribution >= 0.6 is 11.8 Å². The molecule has 0 radical (unpaired) electrons. The Morgan fingerprint density at radius 3 is 3.00 bits per heavy atom. The lowest BCUT2D eigenvalue weighted by atomic mass is 9.79. The van der Waals surface area contributed by atoms with E-state index in [1.54, 1.807) is 0 Å². The molecular weight excluding hydrogens is 180 g/mol. The van der Waals surface area contributed by atoms with Gasteiger partial charge in [0, 0.05) is 12.3 Å². The zero-order valence-corrected chi connectivity index (χ0v) is 9.53. The number of ketones is 1. The third-order valence-corrected chi connectivity index (χ3v) is 3.62. The first-order chi connectivity index (χ1) is 6.24. The lowest BCUT2D eigenvalue weighted by molar-refractivity contribution is -0.125. The number of carbonyl (C=O) groups excluding carboxylic acids is 1. The van der Waals surface area contributed by atoms with Gasteiger partial charge in [-0.3, -0.25) is 4.79 Å². The average Bonchev–Trinajstić information content (AvgIpc) is 2.11. The Bertz CT molecular complexity index is 167. The van der Waals surface area contributed by atoms with Gasteiger partial charge in [0.15, 0.2) is 0 Å². The fraction of sp³-hybridized carbons (Fsp3) is 0.909. The van der Waals surface area contributed by atoms with Crippen LogP contribution in [0.4, 0.5) is 0 Å². The van der Waals surface area contributed by atoms with Crippen LogP contribution in [-0.2, 0) is 4.79 Å². The van der Waals surface area contributed by atoms with Crippen molar-refractivity contribution in [2.75, 3.05) is 12.0 Å². The van der Waals surface area contributed by atoms with Crippen LogP contribution in [0.3, 0.4) is 0 Å². The molecule has 1 saturated carbocycles. The first-order valence-corrected chi connectivity index (χ1v) is 6.65. The van der Waals surface area contributed by atoms with Gasteiger partial charge in [0.05, 0.1) is 0 Å². The van der Waals surface area contributed by atoms with Gasteiger partial charge in [-0.15, -0.1) is 0 Å². The minimum Gasteiger partial charge on any atom is -0.299 e. The molecule has 2 atom stereocenters. The van der Waals surface area contributed by atoms with E-state index in [0.29, 0.717) is 11.7 Å². The summed E-state index contributed by atoms with van der Waals surface area (Å²) in [5.74, 6) is 2.91. The Kier molecular flexibility index (Phi) is 4.86. The maximum absolute atomic E-state index is 11.5. The summed E-state index contributed by atoms with van der Waals surface area (Å²) in [5, 5.41) is 0. The summed E-state index contributed by atoms with van der Waals surface area (Å²) in [5.41, 5.74) is 0. The van der Waals surface area contributed by atoms with Gasteiger partial charge in [-0.05, 0) is 43.6 Å². The first kappa shape index (κ1) is 11.1. The molecule has 1 aliphatic carbocycles. The minimum absolute atomic E-state index is 0.399. The lowest BCUT2D eigenvalue weighted by Gasteiger charge is -2.25. The third-order valence-electron chi connectivity index (χ3n) is 2.93. The Morgan fingerprint density at radius 1 is 1.54 bits per heavy atom. The summed E-state index contributed by atoms with van der Waals surface area (Å²) in [6.45, 7) is 2.27. The van der Waals surface area contributed by atoms with E-state index in [4.69, 9.17) is 0 Å². The molecule has 1 nitrogen and oxygen atoms in total. The van der Waals surface area contributed by atoms with Crippen molar-refractivity contribution in [1.82, 2.24) is 0 Å². The molecule has 0 bridgehead atoms. The lowest BCUT2D eigenvalue weighted by Crippen LogP contribution is -2.23. The van der Waals surface area contributed by atoms with E-state index in [2.05, 4.69) is 13.2 Å². The number of carbonyl (C=O) groups is 1. The van der Waals surface area contributed by atoms with Crippen molar-refractivity contribution in [1.29, 1.82) is 0 Å². The van der Waals surface area contributed by atoms with Crippen molar-refractivity contribution in [2.24, 2.45) is 11.8 Å². The topological polar surface area (TPSA) is 17.1 Å². The van der Waals surface area contributed by atoms with Gasteiger partial charge in [0.25, 0.3) is 0 Å². The van der Waals surface area contributed by atoms with Crippen LogP contribution in [0.5, 0.6) is 0 Å². The largest absolute Gasteiger partial charge is 0.299 e. The minimum atomic E-state index is 0.399. The Balaban J connectivity index is 2.25. The molecular formula is C11H20OS. The smallest absolute Gasteiger partial charge is 0.135 e. The second kappa shape index (κ2) is 5.69. The highest BCUT2D eigenvalue weighted by Gasteiger charge is 2.25. The van der Waals surface area contributed by atoms with Gasteiger partial charge in [-0.25, -0.2) is 0 Å². The van der Waals surface area contributed by atoms with Gasteiger partial charge in [-0.1, -0.05) is 6.92 Å². The fourth-order valence-electron chi connectivity index (χ4n) is 2.08. The second-order valence-electron chi connectivity index (χ2n) is 4.18. The number of rotatable bonds is 4. The van der Waals surface area contributed by atoms with E-state index < -0.39 is 0 Å². The molecule has 0 aromatic carbocycles. The van der Waals surface area contributed by atoms with E-state index in [1.165, 1.54) is 12.2 Å².